The maximum Gasteiger partial charge on any atom is 0.0959 e. The summed E-state index contributed by atoms with van der Waals surface area (Å²) in [6.07, 6.45) is 9.64. The lowest BCUT2D eigenvalue weighted by Gasteiger charge is -2.26. The molecule has 2 atom stereocenters. The molecule has 2 aliphatic carbocycles. The number of nitrogens with one attached hydrogen (secondary N) is 1. The molecule has 100 valence electrons. The first-order valence-corrected chi connectivity index (χ1v) is 8.40. The summed E-state index contributed by atoms with van der Waals surface area (Å²) >= 11 is 1.89. The van der Waals surface area contributed by atoms with E-state index in [0.717, 1.165) is 24.4 Å². The fourth-order valence-electron chi connectivity index (χ4n) is 3.01. The van der Waals surface area contributed by atoms with Crippen LogP contribution in [-0.2, 0) is 6.54 Å². The first-order valence-electron chi connectivity index (χ1n) is 7.53. The molecular weight excluding hydrogens is 240 g/mol. The van der Waals surface area contributed by atoms with Crippen LogP contribution in [0.15, 0.2) is 5.38 Å². The van der Waals surface area contributed by atoms with Gasteiger partial charge in [0.25, 0.3) is 0 Å². The van der Waals surface area contributed by atoms with E-state index in [1.54, 1.807) is 0 Å². The van der Waals surface area contributed by atoms with Crippen LogP contribution in [0.1, 0.15) is 68.5 Å². The van der Waals surface area contributed by atoms with E-state index < -0.39 is 0 Å². The molecule has 18 heavy (non-hydrogen) atoms. The molecule has 2 nitrogen and oxygen atoms in total. The van der Waals surface area contributed by atoms with Crippen molar-refractivity contribution in [1.29, 1.82) is 0 Å². The van der Waals surface area contributed by atoms with Gasteiger partial charge in [0.15, 0.2) is 0 Å². The molecule has 0 aliphatic heterocycles. The Labute approximate surface area is 114 Å². The van der Waals surface area contributed by atoms with Gasteiger partial charge in [-0.2, -0.15) is 0 Å². The highest BCUT2D eigenvalue weighted by Gasteiger charge is 2.25. The summed E-state index contributed by atoms with van der Waals surface area (Å²) in [6, 6.07) is 0.786. The van der Waals surface area contributed by atoms with Gasteiger partial charge in [-0.25, -0.2) is 4.98 Å². The number of rotatable bonds is 5. The Morgan fingerprint density at radius 1 is 1.33 bits per heavy atom. The summed E-state index contributed by atoms with van der Waals surface area (Å²) in [4.78, 5) is 4.86. The van der Waals surface area contributed by atoms with Crippen molar-refractivity contribution in [2.24, 2.45) is 5.92 Å². The molecule has 0 amide bonds. The van der Waals surface area contributed by atoms with Crippen molar-refractivity contribution in [2.75, 3.05) is 0 Å². The molecule has 0 aromatic carbocycles. The summed E-state index contributed by atoms with van der Waals surface area (Å²) in [5.41, 5.74) is 1.26. The average Bonchev–Trinajstić information content (AvgIpc) is 3.13. The Hall–Kier alpha value is -0.410. The highest BCUT2D eigenvalue weighted by molar-refractivity contribution is 7.09. The Bertz CT molecular complexity index is 384. The third-order valence-electron chi connectivity index (χ3n) is 4.43. The van der Waals surface area contributed by atoms with Gasteiger partial charge in [0.2, 0.25) is 0 Å². The van der Waals surface area contributed by atoms with Crippen LogP contribution in [0, 0.1) is 5.92 Å². The van der Waals surface area contributed by atoms with Crippen molar-refractivity contribution >= 4 is 11.3 Å². The van der Waals surface area contributed by atoms with Crippen molar-refractivity contribution in [1.82, 2.24) is 10.3 Å². The zero-order chi connectivity index (χ0) is 12.4. The highest BCUT2D eigenvalue weighted by Crippen LogP contribution is 2.38. The van der Waals surface area contributed by atoms with Crippen molar-refractivity contribution in [3.8, 4) is 0 Å². The molecule has 1 aromatic heterocycles. The van der Waals surface area contributed by atoms with Crippen LogP contribution >= 0.6 is 11.3 Å². The first kappa shape index (κ1) is 12.6. The van der Waals surface area contributed by atoms with Gasteiger partial charge in [0.1, 0.15) is 0 Å². The molecule has 1 heterocycles. The van der Waals surface area contributed by atoms with Gasteiger partial charge < -0.3 is 5.32 Å². The maximum atomic E-state index is 4.86. The average molecular weight is 264 g/mol. The molecule has 0 bridgehead atoms. The van der Waals surface area contributed by atoms with E-state index in [1.165, 1.54) is 55.6 Å². The van der Waals surface area contributed by atoms with Gasteiger partial charge >= 0.3 is 0 Å². The van der Waals surface area contributed by atoms with Crippen LogP contribution in [0.5, 0.6) is 0 Å². The van der Waals surface area contributed by atoms with Crippen LogP contribution in [0.2, 0.25) is 0 Å². The Balaban J connectivity index is 1.57. The van der Waals surface area contributed by atoms with Crippen LogP contribution in [0.25, 0.3) is 0 Å². The number of aromatic nitrogens is 1. The zero-order valence-electron chi connectivity index (χ0n) is 11.3. The number of hydrogen-bond donors (Lipinski definition) is 1. The molecule has 3 heteroatoms. The maximum absolute atomic E-state index is 4.86. The van der Waals surface area contributed by atoms with Crippen molar-refractivity contribution in [2.45, 2.75) is 70.4 Å². The van der Waals surface area contributed by atoms with Crippen LogP contribution in [-0.4, -0.2) is 11.0 Å². The summed E-state index contributed by atoms with van der Waals surface area (Å²) < 4.78 is 0. The van der Waals surface area contributed by atoms with Gasteiger partial charge in [-0.15, -0.1) is 11.3 Å². The number of hydrogen-bond acceptors (Lipinski definition) is 3. The monoisotopic (exact) mass is 264 g/mol. The second kappa shape index (κ2) is 5.70. The second-order valence-electron chi connectivity index (χ2n) is 5.97. The van der Waals surface area contributed by atoms with E-state index in [0.29, 0.717) is 0 Å². The highest BCUT2D eigenvalue weighted by atomic mass is 32.1. The lowest BCUT2D eigenvalue weighted by Crippen LogP contribution is -2.16. The van der Waals surface area contributed by atoms with E-state index in [-0.39, 0.29) is 0 Å². The normalized spacial score (nSPS) is 28.5. The van der Waals surface area contributed by atoms with E-state index in [9.17, 15) is 0 Å². The van der Waals surface area contributed by atoms with Gasteiger partial charge in [0.05, 0.1) is 10.7 Å². The van der Waals surface area contributed by atoms with E-state index >= 15 is 0 Å². The lowest BCUT2D eigenvalue weighted by atomic mass is 9.80. The summed E-state index contributed by atoms with van der Waals surface area (Å²) in [5.74, 6) is 1.70. The molecular formula is C15H24N2S. The second-order valence-corrected chi connectivity index (χ2v) is 6.86. The Morgan fingerprint density at radius 3 is 3.00 bits per heavy atom. The van der Waals surface area contributed by atoms with Crippen molar-refractivity contribution in [3.63, 3.8) is 0 Å². The molecule has 2 fully saturated rings. The third kappa shape index (κ3) is 3.12. The van der Waals surface area contributed by atoms with Gasteiger partial charge in [-0.05, 0) is 31.6 Å². The third-order valence-corrected chi connectivity index (χ3v) is 5.48. The topological polar surface area (TPSA) is 24.9 Å². The molecule has 3 rings (SSSR count). The Kier molecular flexibility index (Phi) is 4.00. The minimum atomic E-state index is 0.753. The van der Waals surface area contributed by atoms with Crippen molar-refractivity contribution in [3.05, 3.63) is 16.1 Å². The minimum absolute atomic E-state index is 0.753. The van der Waals surface area contributed by atoms with Gasteiger partial charge in [-0.1, -0.05) is 26.2 Å². The molecule has 1 N–H and O–H groups in total. The fourth-order valence-corrected chi connectivity index (χ4v) is 3.98. The lowest BCUT2D eigenvalue weighted by molar-refractivity contribution is 0.314. The van der Waals surface area contributed by atoms with Crippen LogP contribution < -0.4 is 5.32 Å². The molecule has 2 aliphatic rings. The SMILES string of the molecule is CCC1CCCC(c2nc(CNC3CC3)cs2)C1. The van der Waals surface area contributed by atoms with E-state index in [4.69, 9.17) is 4.98 Å². The Morgan fingerprint density at radius 2 is 2.22 bits per heavy atom. The predicted octanol–water partition coefficient (Wildman–Crippen LogP) is 4.08. The molecule has 2 unspecified atom stereocenters. The fraction of sp³-hybridized carbons (Fsp3) is 0.800. The van der Waals surface area contributed by atoms with Crippen LogP contribution in [0.4, 0.5) is 0 Å². The molecule has 2 saturated carbocycles. The van der Waals surface area contributed by atoms with E-state index in [2.05, 4.69) is 17.6 Å². The summed E-state index contributed by atoms with van der Waals surface area (Å²) in [5, 5.41) is 7.22. The standard InChI is InChI=1S/C15H24N2S/c1-2-11-4-3-5-12(8-11)15-17-14(10-18-15)9-16-13-6-7-13/h10-13,16H,2-9H2,1H3. The predicted molar refractivity (Wildman–Crippen MR) is 77.0 cm³/mol. The number of nitrogens with zero attached hydrogens (tertiary/aromatic N) is 1. The summed E-state index contributed by atoms with van der Waals surface area (Å²) in [7, 11) is 0. The largest absolute Gasteiger partial charge is 0.308 e. The van der Waals surface area contributed by atoms with Gasteiger partial charge in [0, 0.05) is 23.9 Å². The number of thiazole rings is 1. The molecule has 0 spiro atoms. The first-order chi connectivity index (χ1) is 8.85. The zero-order valence-corrected chi connectivity index (χ0v) is 12.1. The molecule has 1 aromatic rings. The van der Waals surface area contributed by atoms with Gasteiger partial charge in [-0.3, -0.25) is 0 Å². The molecule has 0 saturated heterocycles. The minimum Gasteiger partial charge on any atom is -0.308 e. The van der Waals surface area contributed by atoms with Crippen LogP contribution in [0.3, 0.4) is 0 Å². The smallest absolute Gasteiger partial charge is 0.0959 e. The molecule has 0 radical (unpaired) electrons. The van der Waals surface area contributed by atoms with Crippen molar-refractivity contribution < 1.29 is 0 Å². The summed E-state index contributed by atoms with van der Waals surface area (Å²) in [6.45, 7) is 3.31. The van der Waals surface area contributed by atoms with E-state index in [1.807, 2.05) is 11.3 Å². The quantitative estimate of drug-likeness (QED) is 0.867.